The van der Waals surface area contributed by atoms with Gasteiger partial charge in [0.25, 0.3) is 0 Å². The Morgan fingerprint density at radius 3 is 2.56 bits per heavy atom. The Labute approximate surface area is 240 Å². The van der Waals surface area contributed by atoms with Crippen LogP contribution in [0.2, 0.25) is 0 Å². The molecule has 2 aliphatic rings. The van der Waals surface area contributed by atoms with Crippen LogP contribution in [0.4, 0.5) is 4.39 Å². The van der Waals surface area contributed by atoms with E-state index in [0.717, 1.165) is 0 Å². The van der Waals surface area contributed by atoms with Gasteiger partial charge in [0.05, 0.1) is 38.1 Å². The summed E-state index contributed by atoms with van der Waals surface area (Å²) in [5, 5.41) is 8.44. The van der Waals surface area contributed by atoms with Gasteiger partial charge in [0.15, 0.2) is 5.78 Å². The van der Waals surface area contributed by atoms with Crippen LogP contribution in [-0.2, 0) is 31.2 Å². The third-order valence-corrected chi connectivity index (χ3v) is 11.4. The van der Waals surface area contributed by atoms with Crippen LogP contribution in [0.15, 0.2) is 33.8 Å². The second-order valence-electron chi connectivity index (χ2n) is 12.3. The molecule has 4 heterocycles. The fraction of sp³-hybridized carbons (Fsp3) is 0.533. The maximum Gasteiger partial charge on any atom is 0.312 e. The average molecular weight is 582 g/mol. The van der Waals surface area contributed by atoms with Crippen molar-refractivity contribution in [3.8, 4) is 6.07 Å². The summed E-state index contributed by atoms with van der Waals surface area (Å²) in [6.45, 7) is 12.6. The summed E-state index contributed by atoms with van der Waals surface area (Å²) in [5.74, 6) is -1.51. The lowest BCUT2D eigenvalue weighted by atomic mass is 9.87. The lowest BCUT2D eigenvalue weighted by Crippen LogP contribution is -2.59. The van der Waals surface area contributed by atoms with E-state index in [0.29, 0.717) is 41.9 Å². The van der Waals surface area contributed by atoms with Crippen LogP contribution >= 0.6 is 0 Å². The maximum atomic E-state index is 15.6. The molecule has 0 saturated heterocycles. The predicted octanol–water partition coefficient (Wildman–Crippen LogP) is 5.03. The number of esters is 1. The molecule has 218 valence electrons. The summed E-state index contributed by atoms with van der Waals surface area (Å²) < 4.78 is 39.4. The molecule has 2 aromatic heterocycles. The molecule has 11 heteroatoms. The number of ether oxygens (including phenoxy) is 1. The minimum Gasteiger partial charge on any atom is -0.460 e. The van der Waals surface area contributed by atoms with Gasteiger partial charge in [-0.2, -0.15) is 5.26 Å². The van der Waals surface area contributed by atoms with Crippen molar-refractivity contribution in [1.29, 1.82) is 5.26 Å². The fourth-order valence-electron chi connectivity index (χ4n) is 5.58. The lowest BCUT2D eigenvalue weighted by Gasteiger charge is -2.48. The number of fused-ring (bicyclic) bond motifs is 1. The third-order valence-electron chi connectivity index (χ3n) is 7.64. The topological polar surface area (TPSA) is 135 Å². The first-order valence-electron chi connectivity index (χ1n) is 13.6. The molecule has 0 fully saturated rings. The summed E-state index contributed by atoms with van der Waals surface area (Å²) >= 11 is 0. The van der Waals surface area contributed by atoms with E-state index in [1.165, 1.54) is 18.3 Å². The van der Waals surface area contributed by atoms with Crippen LogP contribution in [0, 0.1) is 24.1 Å². The first kappa shape index (κ1) is 30.4. The zero-order chi connectivity index (χ0) is 30.4. The number of Topliss-reactive ketones (excluding diaryl/α,β-unsaturated/α-hetero) is 1. The summed E-state index contributed by atoms with van der Waals surface area (Å²) in [5.41, 5.74) is -0.454. The normalized spacial score (nSPS) is 25.2. The number of aliphatic imine (C=N–C) groups is 1. The van der Waals surface area contributed by atoms with Crippen molar-refractivity contribution in [3.05, 3.63) is 58.4 Å². The second kappa shape index (κ2) is 10.7. The highest BCUT2D eigenvalue weighted by Gasteiger charge is 2.57. The Bertz CT molecular complexity index is 1610. The van der Waals surface area contributed by atoms with Crippen molar-refractivity contribution in [2.24, 2.45) is 9.36 Å². The van der Waals surface area contributed by atoms with E-state index in [1.54, 1.807) is 54.5 Å². The van der Waals surface area contributed by atoms with Gasteiger partial charge < -0.3 is 4.74 Å². The van der Waals surface area contributed by atoms with Gasteiger partial charge >= 0.3 is 5.97 Å². The standard InChI is InChI=1S/C30H36FN5O4S/c1-18-13-19(16-32)17-33-26(18)22(37)14-20-10-11-21(31)27(35-20)30(7)24-9-8-12-34-41(24,39)29(5,6)23(36-30)15-25(38)40-28(2,3)4/h10-11,13,17,24H,8-9,12,14-15H2,1-7H3/t24-,30+,41-/m1/s1. The number of nitrogens with zero attached hydrogens (tertiary/aromatic N) is 5. The lowest BCUT2D eigenvalue weighted by molar-refractivity contribution is -0.153. The average Bonchev–Trinajstić information content (AvgIpc) is 2.87. The smallest absolute Gasteiger partial charge is 0.312 e. The fourth-order valence-corrected chi connectivity index (χ4v) is 8.92. The van der Waals surface area contributed by atoms with Gasteiger partial charge in [-0.15, -0.1) is 0 Å². The minimum absolute atomic E-state index is 0.0423. The molecule has 0 radical (unpaired) electrons. The first-order valence-corrected chi connectivity index (χ1v) is 15.2. The Balaban J connectivity index is 1.80. The molecule has 2 aliphatic heterocycles. The number of halogens is 1. The summed E-state index contributed by atoms with van der Waals surface area (Å²) in [6, 6.07) is 6.24. The molecule has 4 rings (SSSR count). The van der Waals surface area contributed by atoms with Crippen molar-refractivity contribution < 1.29 is 22.9 Å². The summed E-state index contributed by atoms with van der Waals surface area (Å²) in [6.07, 6.45) is 2.10. The van der Waals surface area contributed by atoms with Crippen molar-refractivity contribution in [1.82, 2.24) is 9.97 Å². The number of rotatable bonds is 6. The highest BCUT2D eigenvalue weighted by molar-refractivity contribution is 7.96. The molecule has 0 bridgehead atoms. The van der Waals surface area contributed by atoms with E-state index in [2.05, 4.69) is 14.3 Å². The molecule has 2 aromatic rings. The van der Waals surface area contributed by atoms with E-state index >= 15 is 4.39 Å². The van der Waals surface area contributed by atoms with E-state index in [9.17, 15) is 13.8 Å². The largest absolute Gasteiger partial charge is 0.460 e. The molecular weight excluding hydrogens is 545 g/mol. The van der Waals surface area contributed by atoms with Crippen molar-refractivity contribution in [2.75, 3.05) is 6.54 Å². The van der Waals surface area contributed by atoms with E-state index in [-0.39, 0.29) is 30.0 Å². The van der Waals surface area contributed by atoms with Gasteiger partial charge in [-0.25, -0.2) is 13.0 Å². The third kappa shape index (κ3) is 5.67. The highest BCUT2D eigenvalue weighted by atomic mass is 32.2. The molecule has 0 saturated carbocycles. The molecular formula is C30H36FN5O4S. The van der Waals surface area contributed by atoms with E-state index in [1.807, 2.05) is 6.07 Å². The molecule has 3 atom stereocenters. The number of ketones is 1. The maximum absolute atomic E-state index is 15.6. The van der Waals surface area contributed by atoms with Crippen LogP contribution < -0.4 is 0 Å². The summed E-state index contributed by atoms with van der Waals surface area (Å²) in [7, 11) is -3.04. The number of aryl methyl sites for hydroxylation is 1. The number of carbonyl (C=O) groups excluding carboxylic acids is 2. The molecule has 0 N–H and O–H groups in total. The predicted molar refractivity (Wildman–Crippen MR) is 154 cm³/mol. The molecule has 0 unspecified atom stereocenters. The van der Waals surface area contributed by atoms with E-state index in [4.69, 9.17) is 15.0 Å². The monoisotopic (exact) mass is 581 g/mol. The first-order chi connectivity index (χ1) is 19.0. The molecule has 9 nitrogen and oxygen atoms in total. The van der Waals surface area contributed by atoms with Gasteiger partial charge in [0, 0.05) is 24.1 Å². The Morgan fingerprint density at radius 2 is 1.93 bits per heavy atom. The van der Waals surface area contributed by atoms with Crippen molar-refractivity contribution in [3.63, 3.8) is 0 Å². The molecule has 0 aromatic carbocycles. The molecule has 0 aliphatic carbocycles. The van der Waals surface area contributed by atoms with Gasteiger partial charge in [-0.1, -0.05) is 0 Å². The number of aromatic nitrogens is 2. The zero-order valence-electron chi connectivity index (χ0n) is 24.6. The zero-order valence-corrected chi connectivity index (χ0v) is 25.4. The van der Waals surface area contributed by atoms with Gasteiger partial charge in [0.2, 0.25) is 0 Å². The van der Waals surface area contributed by atoms with Crippen LogP contribution in [0.3, 0.4) is 0 Å². The van der Waals surface area contributed by atoms with Crippen LogP contribution in [0.1, 0.15) is 93.8 Å². The van der Waals surface area contributed by atoms with Crippen LogP contribution in [0.25, 0.3) is 0 Å². The molecule has 0 spiro atoms. The minimum atomic E-state index is -3.04. The quantitative estimate of drug-likeness (QED) is 0.345. The van der Waals surface area contributed by atoms with Crippen molar-refractivity contribution >= 4 is 27.2 Å². The number of hydrogen-bond donors (Lipinski definition) is 0. The highest BCUT2D eigenvalue weighted by Crippen LogP contribution is 2.48. The molecule has 0 amide bonds. The Morgan fingerprint density at radius 1 is 1.22 bits per heavy atom. The van der Waals surface area contributed by atoms with Crippen molar-refractivity contribution in [2.45, 2.75) is 95.3 Å². The number of carbonyl (C=O) groups is 2. The van der Waals surface area contributed by atoms with Crippen LogP contribution in [-0.4, -0.2) is 53.8 Å². The SMILES string of the molecule is Cc1cc(C#N)cnc1C(=O)Cc1ccc(F)c([C@@]2(C)N=C(CC(=O)OC(C)(C)C)C(C)(C)[S@@]3(=O)=NCCC[C@H]23)n1. The number of pyridine rings is 2. The van der Waals surface area contributed by atoms with Gasteiger partial charge in [-0.3, -0.25) is 24.5 Å². The molecule has 41 heavy (non-hydrogen) atoms. The second-order valence-corrected chi connectivity index (χ2v) is 15.3. The Hall–Kier alpha value is -3.52. The van der Waals surface area contributed by atoms with E-state index < -0.39 is 42.7 Å². The summed E-state index contributed by atoms with van der Waals surface area (Å²) in [4.78, 5) is 39.7. The number of nitriles is 1. The number of hydrogen-bond acceptors (Lipinski definition) is 9. The van der Waals surface area contributed by atoms with Crippen LogP contribution in [0.5, 0.6) is 0 Å². The van der Waals surface area contributed by atoms with Gasteiger partial charge in [-0.05, 0) is 85.1 Å². The Kier molecular flexibility index (Phi) is 7.95. The van der Waals surface area contributed by atoms with Gasteiger partial charge in [0.1, 0.15) is 34.4 Å².